The van der Waals surface area contributed by atoms with Crippen LogP contribution in [0.25, 0.3) is 0 Å². The lowest BCUT2D eigenvalue weighted by atomic mass is 10.1. The van der Waals surface area contributed by atoms with E-state index in [1.807, 2.05) is 17.8 Å². The molecular formula is C13H19N3OS. The van der Waals surface area contributed by atoms with Crippen LogP contribution in [0.5, 0.6) is 0 Å². The topological polar surface area (TPSA) is 67.2 Å². The summed E-state index contributed by atoms with van der Waals surface area (Å²) in [6.07, 6.45) is 2.37. The summed E-state index contributed by atoms with van der Waals surface area (Å²) >= 11 is 1.95. The summed E-state index contributed by atoms with van der Waals surface area (Å²) < 4.78 is 0. The number of nitrogens with two attached hydrogens (primary N) is 1. The quantitative estimate of drug-likeness (QED) is 0.731. The minimum absolute atomic E-state index is 0.0824. The Morgan fingerprint density at radius 3 is 3.00 bits per heavy atom. The van der Waals surface area contributed by atoms with Gasteiger partial charge < -0.3 is 16.4 Å². The summed E-state index contributed by atoms with van der Waals surface area (Å²) in [7, 11) is 1.64. The molecule has 0 aromatic heterocycles. The van der Waals surface area contributed by atoms with Gasteiger partial charge in [0, 0.05) is 30.2 Å². The van der Waals surface area contributed by atoms with Crippen molar-refractivity contribution < 1.29 is 4.79 Å². The first-order valence-electron chi connectivity index (χ1n) is 6.16. The third-order valence-electron chi connectivity index (χ3n) is 3.04. The molecule has 1 fully saturated rings. The number of nitrogen functional groups attached to an aromatic ring is 1. The summed E-state index contributed by atoms with van der Waals surface area (Å²) in [4.78, 5) is 11.8. The van der Waals surface area contributed by atoms with E-state index in [2.05, 4.69) is 10.6 Å². The van der Waals surface area contributed by atoms with E-state index in [-0.39, 0.29) is 5.91 Å². The average molecular weight is 265 g/mol. The largest absolute Gasteiger partial charge is 0.399 e. The fourth-order valence-electron chi connectivity index (χ4n) is 2.09. The Balaban J connectivity index is 2.18. The maximum absolute atomic E-state index is 11.8. The molecular weight excluding hydrogens is 246 g/mol. The van der Waals surface area contributed by atoms with Crippen molar-refractivity contribution in [1.82, 2.24) is 5.32 Å². The molecule has 4 N–H and O–H groups in total. The second-order valence-corrected chi connectivity index (χ2v) is 5.59. The molecule has 2 rings (SSSR count). The van der Waals surface area contributed by atoms with E-state index >= 15 is 0 Å². The van der Waals surface area contributed by atoms with Gasteiger partial charge in [-0.3, -0.25) is 4.79 Å². The summed E-state index contributed by atoms with van der Waals surface area (Å²) in [5.74, 6) is 2.24. The minimum atomic E-state index is -0.0824. The SMILES string of the molecule is CNC(=O)c1ccc(N)cc1NC1CCCSC1. The third kappa shape index (κ3) is 3.10. The van der Waals surface area contributed by atoms with Gasteiger partial charge in [-0.25, -0.2) is 0 Å². The Hall–Kier alpha value is -1.36. The molecule has 1 aliphatic heterocycles. The van der Waals surface area contributed by atoms with E-state index in [4.69, 9.17) is 5.73 Å². The Kier molecular flexibility index (Phi) is 4.36. The number of hydrogen-bond donors (Lipinski definition) is 3. The Morgan fingerprint density at radius 2 is 2.33 bits per heavy atom. The summed E-state index contributed by atoms with van der Waals surface area (Å²) in [5, 5.41) is 6.10. The average Bonchev–Trinajstić information content (AvgIpc) is 2.39. The molecule has 1 atom stereocenters. The van der Waals surface area contributed by atoms with Gasteiger partial charge in [0.25, 0.3) is 5.91 Å². The predicted octanol–water partition coefficient (Wildman–Crippen LogP) is 1.94. The van der Waals surface area contributed by atoms with Gasteiger partial charge in [-0.1, -0.05) is 0 Å². The smallest absolute Gasteiger partial charge is 0.253 e. The molecule has 1 aliphatic rings. The van der Waals surface area contributed by atoms with Crippen LogP contribution < -0.4 is 16.4 Å². The standard InChI is InChI=1S/C13H19N3OS/c1-15-13(17)11-5-4-9(14)7-12(11)16-10-3-2-6-18-8-10/h4-5,7,10,16H,2-3,6,8,14H2,1H3,(H,15,17). The monoisotopic (exact) mass is 265 g/mol. The minimum Gasteiger partial charge on any atom is -0.399 e. The van der Waals surface area contributed by atoms with Crippen molar-refractivity contribution >= 4 is 29.0 Å². The molecule has 1 heterocycles. The fourth-order valence-corrected chi connectivity index (χ4v) is 3.16. The van der Waals surface area contributed by atoms with Crippen molar-refractivity contribution in [2.24, 2.45) is 0 Å². The highest BCUT2D eigenvalue weighted by molar-refractivity contribution is 7.99. The van der Waals surface area contributed by atoms with Crippen LogP contribution in [0.2, 0.25) is 0 Å². The van der Waals surface area contributed by atoms with Crippen molar-refractivity contribution in [2.75, 3.05) is 29.6 Å². The second kappa shape index (κ2) is 6.00. The maximum atomic E-state index is 11.8. The van der Waals surface area contributed by atoms with Crippen molar-refractivity contribution in [3.63, 3.8) is 0 Å². The number of anilines is 2. The molecule has 1 aromatic carbocycles. The normalized spacial score (nSPS) is 19.3. The highest BCUT2D eigenvalue weighted by atomic mass is 32.2. The molecule has 0 saturated carbocycles. The van der Waals surface area contributed by atoms with E-state index in [1.54, 1.807) is 19.2 Å². The van der Waals surface area contributed by atoms with Crippen LogP contribution in [0.1, 0.15) is 23.2 Å². The van der Waals surface area contributed by atoms with Gasteiger partial charge in [0.15, 0.2) is 0 Å². The first-order valence-corrected chi connectivity index (χ1v) is 7.32. The molecule has 4 nitrogen and oxygen atoms in total. The number of rotatable bonds is 3. The molecule has 18 heavy (non-hydrogen) atoms. The van der Waals surface area contributed by atoms with Crippen molar-refractivity contribution in [3.8, 4) is 0 Å². The van der Waals surface area contributed by atoms with E-state index < -0.39 is 0 Å². The van der Waals surface area contributed by atoms with Crippen molar-refractivity contribution in [2.45, 2.75) is 18.9 Å². The molecule has 0 bridgehead atoms. The lowest BCUT2D eigenvalue weighted by Crippen LogP contribution is -2.28. The molecule has 1 unspecified atom stereocenters. The fraction of sp³-hybridized carbons (Fsp3) is 0.462. The molecule has 1 aromatic rings. The van der Waals surface area contributed by atoms with Crippen molar-refractivity contribution in [3.05, 3.63) is 23.8 Å². The van der Waals surface area contributed by atoms with E-state index in [0.717, 1.165) is 17.9 Å². The predicted molar refractivity (Wildman–Crippen MR) is 78.2 cm³/mol. The number of benzene rings is 1. The van der Waals surface area contributed by atoms with Gasteiger partial charge in [-0.05, 0) is 36.8 Å². The zero-order valence-electron chi connectivity index (χ0n) is 10.5. The van der Waals surface area contributed by atoms with Crippen LogP contribution in [0, 0.1) is 0 Å². The number of thioether (sulfide) groups is 1. The maximum Gasteiger partial charge on any atom is 0.253 e. The number of hydrogen-bond acceptors (Lipinski definition) is 4. The highest BCUT2D eigenvalue weighted by Crippen LogP contribution is 2.24. The number of carbonyl (C=O) groups is 1. The number of carbonyl (C=O) groups excluding carboxylic acids is 1. The molecule has 5 heteroatoms. The van der Waals surface area contributed by atoms with Crippen LogP contribution >= 0.6 is 11.8 Å². The summed E-state index contributed by atoms with van der Waals surface area (Å²) in [5.41, 5.74) is 7.96. The van der Waals surface area contributed by atoms with Gasteiger partial charge in [0.1, 0.15) is 0 Å². The molecule has 0 aliphatic carbocycles. The Morgan fingerprint density at radius 1 is 1.50 bits per heavy atom. The van der Waals surface area contributed by atoms with Crippen LogP contribution in [-0.4, -0.2) is 30.5 Å². The lowest BCUT2D eigenvalue weighted by molar-refractivity contribution is 0.0964. The van der Waals surface area contributed by atoms with Crippen LogP contribution in [0.4, 0.5) is 11.4 Å². The third-order valence-corrected chi connectivity index (χ3v) is 4.25. The number of amides is 1. The van der Waals surface area contributed by atoms with Gasteiger partial charge in [-0.2, -0.15) is 11.8 Å². The van der Waals surface area contributed by atoms with Crippen LogP contribution in [0.15, 0.2) is 18.2 Å². The highest BCUT2D eigenvalue weighted by Gasteiger charge is 2.17. The van der Waals surface area contributed by atoms with Gasteiger partial charge in [0.2, 0.25) is 0 Å². The molecule has 0 radical (unpaired) electrons. The van der Waals surface area contributed by atoms with Crippen LogP contribution in [0.3, 0.4) is 0 Å². The zero-order valence-corrected chi connectivity index (χ0v) is 11.3. The Bertz CT molecular complexity index is 430. The van der Waals surface area contributed by atoms with Crippen LogP contribution in [-0.2, 0) is 0 Å². The molecule has 1 saturated heterocycles. The molecule has 0 spiro atoms. The first-order chi connectivity index (χ1) is 8.70. The summed E-state index contributed by atoms with van der Waals surface area (Å²) in [6.45, 7) is 0. The van der Waals surface area contributed by atoms with E-state index in [0.29, 0.717) is 17.3 Å². The number of nitrogens with one attached hydrogen (secondary N) is 2. The first kappa shape index (κ1) is 13.1. The van der Waals surface area contributed by atoms with E-state index in [9.17, 15) is 4.79 Å². The summed E-state index contributed by atoms with van der Waals surface area (Å²) in [6, 6.07) is 5.79. The van der Waals surface area contributed by atoms with Gasteiger partial charge in [-0.15, -0.1) is 0 Å². The van der Waals surface area contributed by atoms with E-state index in [1.165, 1.54) is 12.2 Å². The van der Waals surface area contributed by atoms with Crippen molar-refractivity contribution in [1.29, 1.82) is 0 Å². The molecule has 1 amide bonds. The lowest BCUT2D eigenvalue weighted by Gasteiger charge is -2.24. The zero-order chi connectivity index (χ0) is 13.0. The second-order valence-electron chi connectivity index (χ2n) is 4.44. The van der Waals surface area contributed by atoms with Gasteiger partial charge in [0.05, 0.1) is 5.56 Å². The van der Waals surface area contributed by atoms with Gasteiger partial charge >= 0.3 is 0 Å². The Labute approximate surface area is 112 Å². The molecule has 98 valence electrons.